The highest BCUT2D eigenvalue weighted by Crippen LogP contribution is 2.40. The van der Waals surface area contributed by atoms with E-state index in [-0.39, 0.29) is 5.41 Å². The molecule has 0 bridgehead atoms. The molecule has 0 saturated heterocycles. The summed E-state index contributed by atoms with van der Waals surface area (Å²) < 4.78 is 0. The number of carbonyl (C=O) groups is 3. The molecule has 0 aromatic carbocycles. The van der Waals surface area contributed by atoms with Crippen LogP contribution >= 0.6 is 0 Å². The highest BCUT2D eigenvalue weighted by Gasteiger charge is 2.32. The van der Waals surface area contributed by atoms with Gasteiger partial charge in [0.2, 0.25) is 0 Å². The van der Waals surface area contributed by atoms with Gasteiger partial charge in [0.1, 0.15) is 6.04 Å². The largest absolute Gasteiger partial charge is 0.481 e. The van der Waals surface area contributed by atoms with E-state index >= 15 is 0 Å². The van der Waals surface area contributed by atoms with Gasteiger partial charge in [0.25, 0.3) is 0 Å². The minimum Gasteiger partial charge on any atom is -0.481 e. The maximum Gasteiger partial charge on any atom is 0.326 e. The molecule has 0 aromatic rings. The van der Waals surface area contributed by atoms with Gasteiger partial charge in [-0.3, -0.25) is 4.79 Å². The lowest BCUT2D eigenvalue weighted by atomic mass is 9.83. The molecule has 7 heteroatoms. The van der Waals surface area contributed by atoms with Crippen LogP contribution in [-0.2, 0) is 9.59 Å². The SMILES string of the molecule is CCC1(CNC(=O)NC(CC(=O)O)C(=O)O)CCCC1. The number of urea groups is 1. The highest BCUT2D eigenvalue weighted by molar-refractivity contribution is 5.86. The van der Waals surface area contributed by atoms with Crippen LogP contribution in [0.25, 0.3) is 0 Å². The Balaban J connectivity index is 2.45. The van der Waals surface area contributed by atoms with E-state index in [1.54, 1.807) is 0 Å². The van der Waals surface area contributed by atoms with Crippen molar-refractivity contribution in [2.45, 2.75) is 51.5 Å². The van der Waals surface area contributed by atoms with Crippen LogP contribution in [0.3, 0.4) is 0 Å². The molecule has 1 fully saturated rings. The summed E-state index contributed by atoms with van der Waals surface area (Å²) in [5.74, 6) is -2.62. The molecule has 1 aliphatic rings. The van der Waals surface area contributed by atoms with E-state index < -0.39 is 30.4 Å². The van der Waals surface area contributed by atoms with Gasteiger partial charge in [0, 0.05) is 6.54 Å². The molecule has 4 N–H and O–H groups in total. The molecule has 1 unspecified atom stereocenters. The number of amides is 2. The van der Waals surface area contributed by atoms with Gasteiger partial charge in [-0.15, -0.1) is 0 Å². The summed E-state index contributed by atoms with van der Waals surface area (Å²) in [5, 5.41) is 22.3. The van der Waals surface area contributed by atoms with Crippen LogP contribution in [0.5, 0.6) is 0 Å². The third-order valence-electron chi connectivity index (χ3n) is 4.02. The first-order chi connectivity index (χ1) is 9.38. The minimum absolute atomic E-state index is 0.100. The van der Waals surface area contributed by atoms with Crippen LogP contribution in [0.1, 0.15) is 45.4 Å². The predicted molar refractivity (Wildman–Crippen MR) is 71.4 cm³/mol. The zero-order chi connectivity index (χ0) is 15.2. The number of rotatable bonds is 7. The van der Waals surface area contributed by atoms with E-state index in [1.165, 1.54) is 0 Å². The molecule has 2 amide bonds. The number of carboxylic acids is 2. The van der Waals surface area contributed by atoms with Gasteiger partial charge in [0.05, 0.1) is 6.42 Å². The summed E-state index contributed by atoms with van der Waals surface area (Å²) in [5.41, 5.74) is 0.100. The lowest BCUT2D eigenvalue weighted by molar-refractivity contribution is -0.145. The van der Waals surface area contributed by atoms with Crippen LogP contribution in [0.2, 0.25) is 0 Å². The predicted octanol–water partition coefficient (Wildman–Crippen LogP) is 1.18. The Bertz CT molecular complexity index is 377. The van der Waals surface area contributed by atoms with Gasteiger partial charge < -0.3 is 20.8 Å². The summed E-state index contributed by atoms with van der Waals surface area (Å²) in [6, 6.07) is -2.04. The third-order valence-corrected chi connectivity index (χ3v) is 4.02. The minimum atomic E-state index is -1.41. The van der Waals surface area contributed by atoms with Crippen molar-refractivity contribution in [3.63, 3.8) is 0 Å². The van der Waals surface area contributed by atoms with Gasteiger partial charge >= 0.3 is 18.0 Å². The lowest BCUT2D eigenvalue weighted by Crippen LogP contribution is -2.49. The summed E-state index contributed by atoms with van der Waals surface area (Å²) in [6.07, 6.45) is 4.73. The van der Waals surface area contributed by atoms with Crippen molar-refractivity contribution in [3.05, 3.63) is 0 Å². The fraction of sp³-hybridized carbons (Fsp3) is 0.769. The van der Waals surface area contributed by atoms with E-state index in [1.807, 2.05) is 0 Å². The molecule has 1 rings (SSSR count). The summed E-state index contributed by atoms with van der Waals surface area (Å²) >= 11 is 0. The highest BCUT2D eigenvalue weighted by atomic mass is 16.4. The van der Waals surface area contributed by atoms with Crippen LogP contribution in [0.15, 0.2) is 0 Å². The maximum atomic E-state index is 11.7. The van der Waals surface area contributed by atoms with E-state index in [0.717, 1.165) is 32.1 Å². The fourth-order valence-corrected chi connectivity index (χ4v) is 2.63. The van der Waals surface area contributed by atoms with Crippen molar-refractivity contribution in [3.8, 4) is 0 Å². The van der Waals surface area contributed by atoms with Crippen LogP contribution in [-0.4, -0.2) is 40.8 Å². The van der Waals surface area contributed by atoms with E-state index in [0.29, 0.717) is 6.54 Å². The summed E-state index contributed by atoms with van der Waals surface area (Å²) in [6.45, 7) is 2.57. The molecule has 1 aliphatic carbocycles. The Morgan fingerprint density at radius 3 is 2.25 bits per heavy atom. The van der Waals surface area contributed by atoms with Gasteiger partial charge in [-0.1, -0.05) is 19.8 Å². The number of hydrogen-bond donors (Lipinski definition) is 4. The van der Waals surface area contributed by atoms with Crippen molar-refractivity contribution in [1.29, 1.82) is 0 Å². The van der Waals surface area contributed by atoms with Crippen molar-refractivity contribution in [2.75, 3.05) is 6.54 Å². The second-order valence-corrected chi connectivity index (χ2v) is 5.38. The normalized spacial score (nSPS) is 18.2. The monoisotopic (exact) mass is 286 g/mol. The molecule has 1 atom stereocenters. The maximum absolute atomic E-state index is 11.7. The summed E-state index contributed by atoms with van der Waals surface area (Å²) in [4.78, 5) is 33.0. The molecule has 0 radical (unpaired) electrons. The van der Waals surface area contributed by atoms with Crippen molar-refractivity contribution >= 4 is 18.0 Å². The molecule has 0 heterocycles. The zero-order valence-electron chi connectivity index (χ0n) is 11.6. The van der Waals surface area contributed by atoms with Crippen LogP contribution < -0.4 is 10.6 Å². The van der Waals surface area contributed by atoms with E-state index in [2.05, 4.69) is 17.6 Å². The first kappa shape index (κ1) is 16.3. The molecule has 0 spiro atoms. The van der Waals surface area contributed by atoms with Crippen LogP contribution in [0, 0.1) is 5.41 Å². The molecule has 0 aromatic heterocycles. The summed E-state index contributed by atoms with van der Waals surface area (Å²) in [7, 11) is 0. The molecular formula is C13H22N2O5. The topological polar surface area (TPSA) is 116 Å². The Morgan fingerprint density at radius 1 is 1.20 bits per heavy atom. The molecule has 114 valence electrons. The first-order valence-corrected chi connectivity index (χ1v) is 6.87. The van der Waals surface area contributed by atoms with Crippen molar-refractivity contribution in [2.24, 2.45) is 5.41 Å². The third kappa shape index (κ3) is 4.71. The zero-order valence-corrected chi connectivity index (χ0v) is 11.6. The number of carbonyl (C=O) groups excluding carboxylic acids is 1. The van der Waals surface area contributed by atoms with Crippen molar-refractivity contribution in [1.82, 2.24) is 10.6 Å². The average molecular weight is 286 g/mol. The lowest BCUT2D eigenvalue weighted by Gasteiger charge is -2.28. The second-order valence-electron chi connectivity index (χ2n) is 5.38. The Hall–Kier alpha value is -1.79. The Kier molecular flexibility index (Phi) is 5.79. The first-order valence-electron chi connectivity index (χ1n) is 6.87. The number of carboxylic acid groups (broad SMARTS) is 2. The van der Waals surface area contributed by atoms with Gasteiger partial charge in [0.15, 0.2) is 0 Å². The molecular weight excluding hydrogens is 264 g/mol. The fourth-order valence-electron chi connectivity index (χ4n) is 2.63. The number of hydrogen-bond acceptors (Lipinski definition) is 3. The van der Waals surface area contributed by atoms with Crippen molar-refractivity contribution < 1.29 is 24.6 Å². The van der Waals surface area contributed by atoms with Gasteiger partial charge in [-0.25, -0.2) is 9.59 Å². The molecule has 1 saturated carbocycles. The number of aliphatic carboxylic acids is 2. The smallest absolute Gasteiger partial charge is 0.326 e. The second kappa shape index (κ2) is 7.12. The molecule has 0 aliphatic heterocycles. The van der Waals surface area contributed by atoms with Crippen LogP contribution in [0.4, 0.5) is 4.79 Å². The standard InChI is InChI=1S/C13H22N2O5/c1-2-13(5-3-4-6-13)8-14-12(20)15-9(11(18)19)7-10(16)17/h9H,2-8H2,1H3,(H,16,17)(H,18,19)(H2,14,15,20). The Labute approximate surface area is 117 Å². The van der Waals surface area contributed by atoms with Gasteiger partial charge in [-0.2, -0.15) is 0 Å². The molecule has 20 heavy (non-hydrogen) atoms. The average Bonchev–Trinajstić information content (AvgIpc) is 2.84. The Morgan fingerprint density at radius 2 is 1.80 bits per heavy atom. The van der Waals surface area contributed by atoms with E-state index in [9.17, 15) is 14.4 Å². The van der Waals surface area contributed by atoms with Gasteiger partial charge in [-0.05, 0) is 24.7 Å². The molecule has 7 nitrogen and oxygen atoms in total. The number of nitrogens with one attached hydrogen (secondary N) is 2. The quantitative estimate of drug-likeness (QED) is 0.561. The van der Waals surface area contributed by atoms with E-state index in [4.69, 9.17) is 10.2 Å².